The van der Waals surface area contributed by atoms with Crippen LogP contribution in [0.3, 0.4) is 0 Å². The van der Waals surface area contributed by atoms with Crippen LogP contribution in [0.15, 0.2) is 16.7 Å². The van der Waals surface area contributed by atoms with Gasteiger partial charge in [-0.15, -0.1) is 0 Å². The molecule has 0 saturated carbocycles. The van der Waals surface area contributed by atoms with Crippen molar-refractivity contribution in [3.8, 4) is 0 Å². The highest BCUT2D eigenvalue weighted by Gasteiger charge is 2.14. The van der Waals surface area contributed by atoms with Crippen LogP contribution in [0.4, 0.5) is 0 Å². The highest BCUT2D eigenvalue weighted by molar-refractivity contribution is 9.10. The zero-order valence-corrected chi connectivity index (χ0v) is 10.1. The average molecular weight is 279 g/mol. The molecule has 1 heterocycles. The van der Waals surface area contributed by atoms with E-state index in [1.54, 1.807) is 19.9 Å². The SMILES string of the molecule is CC(C)OC(=O)c1ncc(Br)cc1Cl. The van der Waals surface area contributed by atoms with Crippen molar-refractivity contribution in [2.45, 2.75) is 20.0 Å². The first kappa shape index (κ1) is 11.5. The minimum Gasteiger partial charge on any atom is -0.458 e. The predicted octanol–water partition coefficient (Wildman–Crippen LogP) is 3.06. The quantitative estimate of drug-likeness (QED) is 0.781. The lowest BCUT2D eigenvalue weighted by Crippen LogP contribution is -2.13. The summed E-state index contributed by atoms with van der Waals surface area (Å²) in [6.45, 7) is 3.54. The average Bonchev–Trinajstić information content (AvgIpc) is 2.01. The van der Waals surface area contributed by atoms with Gasteiger partial charge in [0.15, 0.2) is 5.69 Å². The molecule has 76 valence electrons. The van der Waals surface area contributed by atoms with Gasteiger partial charge in [0.1, 0.15) is 0 Å². The van der Waals surface area contributed by atoms with Crippen LogP contribution in [0.1, 0.15) is 24.3 Å². The van der Waals surface area contributed by atoms with E-state index in [0.29, 0.717) is 0 Å². The number of ether oxygens (including phenoxy) is 1. The van der Waals surface area contributed by atoms with Gasteiger partial charge in [-0.05, 0) is 35.8 Å². The van der Waals surface area contributed by atoms with Crippen molar-refractivity contribution in [2.24, 2.45) is 0 Å². The van der Waals surface area contributed by atoms with Gasteiger partial charge in [-0.3, -0.25) is 0 Å². The molecule has 0 aliphatic rings. The summed E-state index contributed by atoms with van der Waals surface area (Å²) in [6, 6.07) is 1.60. The topological polar surface area (TPSA) is 39.2 Å². The Bertz CT molecular complexity index is 355. The molecule has 0 radical (unpaired) electrons. The second-order valence-electron chi connectivity index (χ2n) is 2.94. The van der Waals surface area contributed by atoms with E-state index in [4.69, 9.17) is 16.3 Å². The van der Waals surface area contributed by atoms with Gasteiger partial charge in [-0.1, -0.05) is 11.6 Å². The molecule has 0 atom stereocenters. The number of carbonyl (C=O) groups is 1. The molecule has 0 amide bonds. The smallest absolute Gasteiger partial charge is 0.358 e. The lowest BCUT2D eigenvalue weighted by Gasteiger charge is -2.07. The summed E-state index contributed by atoms with van der Waals surface area (Å²) in [7, 11) is 0. The first-order chi connectivity index (χ1) is 6.50. The molecule has 0 unspecified atom stereocenters. The molecule has 0 aromatic carbocycles. The molecule has 5 heteroatoms. The van der Waals surface area contributed by atoms with E-state index in [0.717, 1.165) is 4.47 Å². The van der Waals surface area contributed by atoms with Crippen LogP contribution in [-0.2, 0) is 4.74 Å². The normalized spacial score (nSPS) is 10.4. The number of pyridine rings is 1. The van der Waals surface area contributed by atoms with E-state index in [1.807, 2.05) is 0 Å². The first-order valence-electron chi connectivity index (χ1n) is 4.02. The number of halogens is 2. The molecule has 0 aliphatic heterocycles. The Hall–Kier alpha value is -0.610. The van der Waals surface area contributed by atoms with Crippen LogP contribution < -0.4 is 0 Å². The molecule has 0 saturated heterocycles. The summed E-state index contributed by atoms with van der Waals surface area (Å²) in [5, 5.41) is 0.282. The molecule has 1 aromatic heterocycles. The zero-order chi connectivity index (χ0) is 10.7. The molecule has 0 spiro atoms. The molecule has 0 bridgehead atoms. The van der Waals surface area contributed by atoms with Crippen LogP contribution in [0.25, 0.3) is 0 Å². The Morgan fingerprint density at radius 3 is 2.79 bits per heavy atom. The molecule has 0 N–H and O–H groups in total. The molecule has 0 fully saturated rings. The molecule has 1 aromatic rings. The number of esters is 1. The third-order valence-electron chi connectivity index (χ3n) is 1.34. The van der Waals surface area contributed by atoms with Crippen molar-refractivity contribution in [2.75, 3.05) is 0 Å². The Morgan fingerprint density at radius 1 is 1.64 bits per heavy atom. The fourth-order valence-electron chi connectivity index (χ4n) is 0.835. The molecular formula is C9H9BrClNO2. The summed E-state index contributed by atoms with van der Waals surface area (Å²) in [5.41, 5.74) is 0.142. The first-order valence-corrected chi connectivity index (χ1v) is 5.20. The maximum absolute atomic E-state index is 11.4. The number of nitrogens with zero attached hydrogens (tertiary/aromatic N) is 1. The fourth-order valence-corrected chi connectivity index (χ4v) is 1.54. The Morgan fingerprint density at radius 2 is 2.29 bits per heavy atom. The number of hydrogen-bond donors (Lipinski definition) is 0. The monoisotopic (exact) mass is 277 g/mol. The predicted molar refractivity (Wildman–Crippen MR) is 57.5 cm³/mol. The van der Waals surface area contributed by atoms with Crippen LogP contribution >= 0.6 is 27.5 Å². The van der Waals surface area contributed by atoms with Crippen molar-refractivity contribution >= 4 is 33.5 Å². The van der Waals surface area contributed by atoms with E-state index < -0.39 is 5.97 Å². The summed E-state index contributed by atoms with van der Waals surface area (Å²) in [4.78, 5) is 15.3. The summed E-state index contributed by atoms with van der Waals surface area (Å²) >= 11 is 9.01. The second-order valence-corrected chi connectivity index (χ2v) is 4.26. The third kappa shape index (κ3) is 2.96. The maximum Gasteiger partial charge on any atom is 0.358 e. The minimum atomic E-state index is -0.502. The fraction of sp³-hybridized carbons (Fsp3) is 0.333. The van der Waals surface area contributed by atoms with E-state index in [1.165, 1.54) is 6.20 Å². The molecule has 1 rings (SSSR count). The van der Waals surface area contributed by atoms with Gasteiger partial charge < -0.3 is 4.74 Å². The van der Waals surface area contributed by atoms with Crippen LogP contribution in [0, 0.1) is 0 Å². The van der Waals surface area contributed by atoms with Crippen LogP contribution in [0.2, 0.25) is 5.02 Å². The van der Waals surface area contributed by atoms with Gasteiger partial charge in [0.2, 0.25) is 0 Å². The third-order valence-corrected chi connectivity index (χ3v) is 2.07. The van der Waals surface area contributed by atoms with Gasteiger partial charge in [0.25, 0.3) is 0 Å². The Kier molecular flexibility index (Phi) is 3.89. The van der Waals surface area contributed by atoms with Crippen molar-refractivity contribution in [3.05, 3.63) is 27.5 Å². The largest absolute Gasteiger partial charge is 0.458 e. The Balaban J connectivity index is 2.90. The van der Waals surface area contributed by atoms with E-state index in [9.17, 15) is 4.79 Å². The number of carbonyl (C=O) groups excluding carboxylic acids is 1. The zero-order valence-electron chi connectivity index (χ0n) is 7.75. The second kappa shape index (κ2) is 4.75. The lowest BCUT2D eigenvalue weighted by molar-refractivity contribution is 0.0371. The van der Waals surface area contributed by atoms with Gasteiger partial charge in [0.05, 0.1) is 11.1 Å². The van der Waals surface area contributed by atoms with Crippen molar-refractivity contribution in [1.82, 2.24) is 4.98 Å². The highest BCUT2D eigenvalue weighted by Crippen LogP contribution is 2.19. The molecule has 3 nitrogen and oxygen atoms in total. The van der Waals surface area contributed by atoms with Gasteiger partial charge in [0, 0.05) is 10.7 Å². The molecule has 0 aliphatic carbocycles. The highest BCUT2D eigenvalue weighted by atomic mass is 79.9. The summed E-state index contributed by atoms with van der Waals surface area (Å²) in [5.74, 6) is -0.502. The standard InChI is InChI=1S/C9H9BrClNO2/c1-5(2)14-9(13)8-7(11)3-6(10)4-12-8/h3-5H,1-2H3. The summed E-state index contributed by atoms with van der Waals surface area (Å²) < 4.78 is 5.68. The van der Waals surface area contributed by atoms with E-state index in [-0.39, 0.29) is 16.8 Å². The molecule has 14 heavy (non-hydrogen) atoms. The van der Waals surface area contributed by atoms with Gasteiger partial charge in [-0.2, -0.15) is 0 Å². The van der Waals surface area contributed by atoms with Crippen LogP contribution in [0.5, 0.6) is 0 Å². The van der Waals surface area contributed by atoms with Crippen molar-refractivity contribution in [3.63, 3.8) is 0 Å². The van der Waals surface area contributed by atoms with Gasteiger partial charge >= 0.3 is 5.97 Å². The minimum absolute atomic E-state index is 0.142. The van der Waals surface area contributed by atoms with Crippen molar-refractivity contribution < 1.29 is 9.53 Å². The van der Waals surface area contributed by atoms with E-state index in [2.05, 4.69) is 20.9 Å². The maximum atomic E-state index is 11.4. The Labute approximate surface area is 95.6 Å². The van der Waals surface area contributed by atoms with Crippen LogP contribution in [-0.4, -0.2) is 17.1 Å². The van der Waals surface area contributed by atoms with E-state index >= 15 is 0 Å². The van der Waals surface area contributed by atoms with Crippen molar-refractivity contribution in [1.29, 1.82) is 0 Å². The molecular weight excluding hydrogens is 269 g/mol. The van der Waals surface area contributed by atoms with Gasteiger partial charge in [-0.25, -0.2) is 9.78 Å². The lowest BCUT2D eigenvalue weighted by atomic mass is 10.3. The number of rotatable bonds is 2. The summed E-state index contributed by atoms with van der Waals surface area (Å²) in [6.07, 6.45) is 1.33. The number of hydrogen-bond acceptors (Lipinski definition) is 3. The number of aromatic nitrogens is 1.